The highest BCUT2D eigenvalue weighted by atomic mass is 32.2. The molecule has 42 heavy (non-hydrogen) atoms. The number of carboxylic acids is 1. The lowest BCUT2D eigenvalue weighted by Crippen LogP contribution is -2.36. The number of anilines is 1. The number of nitrogens with zero attached hydrogens (tertiary/aromatic N) is 2. The van der Waals surface area contributed by atoms with E-state index in [1.165, 1.54) is 52.0 Å². The number of allylic oxidation sites excluding steroid dienone is 2. The molecule has 4 N–H and O–H groups in total. The van der Waals surface area contributed by atoms with E-state index >= 15 is 0 Å². The molecule has 0 fully saturated rings. The zero-order valence-electron chi connectivity index (χ0n) is 21.5. The van der Waals surface area contributed by atoms with Crippen molar-refractivity contribution in [1.29, 1.82) is 0 Å². The van der Waals surface area contributed by atoms with Gasteiger partial charge in [-0.25, -0.2) is 4.79 Å². The number of aryl methyl sites for hydroxylation is 1. The van der Waals surface area contributed by atoms with E-state index in [2.05, 4.69) is 0 Å². The summed E-state index contributed by atoms with van der Waals surface area (Å²) >= 11 is 0. The molecule has 0 saturated carbocycles. The van der Waals surface area contributed by atoms with Crippen LogP contribution in [-0.4, -0.2) is 68.0 Å². The summed E-state index contributed by atoms with van der Waals surface area (Å²) < 4.78 is 109. The monoisotopic (exact) mass is 645 g/mol. The summed E-state index contributed by atoms with van der Waals surface area (Å²) in [6, 6.07) is 7.70. The van der Waals surface area contributed by atoms with Gasteiger partial charge in [-0.05, 0) is 48.9 Å². The number of hydrogen-bond acceptors (Lipinski definition) is 10. The first-order valence-corrected chi connectivity index (χ1v) is 16.7. The molecule has 0 saturated heterocycles. The number of ether oxygens (including phenoxy) is 1. The number of carbonyl (C=O) groups is 1. The van der Waals surface area contributed by atoms with E-state index in [-0.39, 0.29) is 54.7 Å². The molecule has 0 atom stereocenters. The van der Waals surface area contributed by atoms with E-state index in [9.17, 15) is 39.7 Å². The number of carboxylic acid groups (broad SMARTS) is 1. The number of oxazole rings is 1. The number of rotatable bonds is 12. The number of aromatic nitrogens is 1. The van der Waals surface area contributed by atoms with Crippen LogP contribution in [0.15, 0.2) is 63.7 Å². The lowest BCUT2D eigenvalue weighted by molar-refractivity contribution is -0.677. The van der Waals surface area contributed by atoms with Crippen molar-refractivity contribution >= 4 is 59.2 Å². The van der Waals surface area contributed by atoms with Crippen LogP contribution in [0.1, 0.15) is 29.1 Å². The predicted octanol–water partition coefficient (Wildman–Crippen LogP) is 1.97. The molecule has 0 radical (unpaired) electrons. The molecule has 226 valence electrons. The third-order valence-electron chi connectivity index (χ3n) is 6.02. The van der Waals surface area contributed by atoms with Crippen LogP contribution in [0.4, 0.5) is 5.69 Å². The van der Waals surface area contributed by atoms with Crippen LogP contribution >= 0.6 is 0 Å². The van der Waals surface area contributed by atoms with Gasteiger partial charge < -0.3 is 19.2 Å². The third-order valence-corrected chi connectivity index (χ3v) is 8.48. The summed E-state index contributed by atoms with van der Waals surface area (Å²) in [7, 11) is -13.1. The van der Waals surface area contributed by atoms with Gasteiger partial charge in [-0.1, -0.05) is 0 Å². The van der Waals surface area contributed by atoms with Crippen molar-refractivity contribution in [2.45, 2.75) is 24.3 Å². The van der Waals surface area contributed by atoms with Crippen LogP contribution in [0.25, 0.3) is 17.2 Å². The summed E-state index contributed by atoms with van der Waals surface area (Å²) in [5.74, 6) is -1.80. The van der Waals surface area contributed by atoms with Crippen LogP contribution in [0.5, 0.6) is 5.75 Å². The molecule has 0 spiro atoms. The summed E-state index contributed by atoms with van der Waals surface area (Å²) in [5.41, 5.74) is 0.830. The quantitative estimate of drug-likeness (QED) is 0.163. The molecule has 0 unspecified atom stereocenters. The van der Waals surface area contributed by atoms with Gasteiger partial charge in [0.15, 0.2) is 12.3 Å². The number of fused-ring (bicyclic) bond motifs is 2. The van der Waals surface area contributed by atoms with Gasteiger partial charge in [0, 0.05) is 19.0 Å². The Morgan fingerprint density at radius 2 is 1.62 bits per heavy atom. The standard InChI is InChI=1S/C24H24N2O13S3/c27-24(28)16-6-8-20-18(14-16)25(10-2-12-40(29,30)31)22(38-20)4-1-5-23-26(11-3-13-41(32,33)34)19-15-17(42(35,36)37)7-9-21(19)39-23/h1,4-9,14-15H,2-3,10-13H2,(H3-,27,28,29,30,31,32,33,34,35,36,37)/p+1. The molecule has 1 aliphatic heterocycles. The van der Waals surface area contributed by atoms with Crippen LogP contribution in [0.2, 0.25) is 0 Å². The Kier molecular flexibility index (Phi) is 8.76. The number of aromatic carboxylic acids is 1. The lowest BCUT2D eigenvalue weighted by Gasteiger charge is -2.18. The average molecular weight is 646 g/mol. The second kappa shape index (κ2) is 11.8. The zero-order valence-corrected chi connectivity index (χ0v) is 24.0. The maximum atomic E-state index is 11.7. The Morgan fingerprint density at radius 3 is 2.26 bits per heavy atom. The summed E-state index contributed by atoms with van der Waals surface area (Å²) in [5, 5.41) is 9.37. The van der Waals surface area contributed by atoms with E-state index in [0.29, 0.717) is 11.1 Å². The smallest absolute Gasteiger partial charge is 0.374 e. The zero-order chi connectivity index (χ0) is 30.9. The molecule has 15 nitrogen and oxygen atoms in total. The van der Waals surface area contributed by atoms with Gasteiger partial charge in [0.1, 0.15) is 0 Å². The fourth-order valence-electron chi connectivity index (χ4n) is 4.21. The summed E-state index contributed by atoms with van der Waals surface area (Å²) in [4.78, 5) is 12.5. The van der Waals surface area contributed by atoms with Gasteiger partial charge in [0.2, 0.25) is 11.5 Å². The molecule has 1 aliphatic rings. The summed E-state index contributed by atoms with van der Waals surface area (Å²) in [6.45, 7) is 0.00778. The van der Waals surface area contributed by atoms with Crippen LogP contribution in [0.3, 0.4) is 0 Å². The van der Waals surface area contributed by atoms with Crippen LogP contribution in [0, 0.1) is 0 Å². The molecule has 4 rings (SSSR count). The van der Waals surface area contributed by atoms with E-state index in [0.717, 1.165) is 12.1 Å². The minimum absolute atomic E-state index is 0.0204. The predicted molar refractivity (Wildman–Crippen MR) is 147 cm³/mol. The fraction of sp³-hybridized carbons (Fsp3) is 0.250. The highest BCUT2D eigenvalue weighted by Gasteiger charge is 2.28. The Morgan fingerprint density at radius 1 is 0.929 bits per heavy atom. The minimum Gasteiger partial charge on any atom is -0.478 e. The normalized spacial score (nSPS) is 15.0. The molecular formula is C24H25N2O13S3+. The molecule has 0 bridgehead atoms. The first kappa shape index (κ1) is 31.1. The number of hydrogen-bond donors (Lipinski definition) is 4. The van der Waals surface area contributed by atoms with Crippen molar-refractivity contribution in [1.82, 2.24) is 0 Å². The number of benzene rings is 2. The molecule has 2 heterocycles. The molecule has 0 amide bonds. The van der Waals surface area contributed by atoms with Crippen LogP contribution < -0.4 is 14.2 Å². The molecular weight excluding hydrogens is 620 g/mol. The highest BCUT2D eigenvalue weighted by Crippen LogP contribution is 2.40. The van der Waals surface area contributed by atoms with Gasteiger partial charge >= 0.3 is 11.9 Å². The fourth-order valence-corrected chi connectivity index (χ4v) is 5.70. The third kappa shape index (κ3) is 7.72. The van der Waals surface area contributed by atoms with Crippen molar-refractivity contribution in [3.8, 4) is 5.75 Å². The lowest BCUT2D eigenvalue weighted by atomic mass is 10.2. The van der Waals surface area contributed by atoms with Crippen molar-refractivity contribution in [3.63, 3.8) is 0 Å². The maximum Gasteiger partial charge on any atom is 0.374 e. The average Bonchev–Trinajstić information content (AvgIpc) is 3.39. The molecule has 2 aromatic carbocycles. The van der Waals surface area contributed by atoms with Crippen molar-refractivity contribution in [3.05, 3.63) is 65.9 Å². The van der Waals surface area contributed by atoms with E-state index in [1.54, 1.807) is 0 Å². The Bertz CT molecular complexity index is 1930. The van der Waals surface area contributed by atoms with Crippen molar-refractivity contribution < 1.29 is 62.5 Å². The van der Waals surface area contributed by atoms with E-state index in [4.69, 9.17) is 18.3 Å². The van der Waals surface area contributed by atoms with Crippen LogP contribution in [-0.2, 0) is 36.9 Å². The van der Waals surface area contributed by atoms with Gasteiger partial charge in [0.05, 0.1) is 33.7 Å². The second-order valence-electron chi connectivity index (χ2n) is 9.08. The van der Waals surface area contributed by atoms with Crippen molar-refractivity contribution in [2.24, 2.45) is 0 Å². The Labute approximate surface area is 240 Å². The van der Waals surface area contributed by atoms with Gasteiger partial charge in [-0.3, -0.25) is 13.7 Å². The Balaban J connectivity index is 1.69. The van der Waals surface area contributed by atoms with E-state index < -0.39 is 52.7 Å². The Hall–Kier alpha value is -3.81. The topological polar surface area (TPSA) is 230 Å². The first-order valence-electron chi connectivity index (χ1n) is 12.1. The molecule has 1 aromatic heterocycles. The van der Waals surface area contributed by atoms with Crippen molar-refractivity contribution in [2.75, 3.05) is 23.0 Å². The van der Waals surface area contributed by atoms with Gasteiger partial charge in [-0.2, -0.15) is 29.8 Å². The first-order chi connectivity index (χ1) is 19.5. The van der Waals surface area contributed by atoms with Gasteiger partial charge in [0.25, 0.3) is 35.9 Å². The van der Waals surface area contributed by atoms with E-state index in [1.807, 2.05) is 0 Å². The molecule has 3 aromatic rings. The maximum absolute atomic E-state index is 11.7. The second-order valence-corrected chi connectivity index (χ2v) is 13.6. The molecule has 0 aliphatic carbocycles. The molecule has 18 heteroatoms. The minimum atomic E-state index is -4.56. The summed E-state index contributed by atoms with van der Waals surface area (Å²) in [6.07, 6.45) is 4.29. The largest absolute Gasteiger partial charge is 0.478 e. The van der Waals surface area contributed by atoms with Gasteiger partial charge in [-0.15, -0.1) is 0 Å². The highest BCUT2D eigenvalue weighted by molar-refractivity contribution is 7.86. The SMILES string of the molecule is O=C(O)c1ccc2oc(/C=C/C=C3\Oc4ccc(S(=O)(=O)O)cc4N3CCCS(=O)(=O)O)[n+](CCCS(=O)(=O)O)c2c1.